The predicted octanol–water partition coefficient (Wildman–Crippen LogP) is 3.25. The molecule has 2 saturated heterocycles. The average molecular weight is 419 g/mol. The molecule has 1 unspecified atom stereocenters. The van der Waals surface area contributed by atoms with Gasteiger partial charge in [-0.15, -0.1) is 0 Å². The molecule has 1 saturated carbocycles. The van der Waals surface area contributed by atoms with Crippen molar-refractivity contribution >= 4 is 24.7 Å². The van der Waals surface area contributed by atoms with E-state index in [9.17, 15) is 9.59 Å². The van der Waals surface area contributed by atoms with Gasteiger partial charge in [-0.1, -0.05) is 72.7 Å². The van der Waals surface area contributed by atoms with Crippen LogP contribution in [0, 0.1) is 0 Å². The first-order valence-electron chi connectivity index (χ1n) is 10.9. The Morgan fingerprint density at radius 2 is 1.58 bits per heavy atom. The summed E-state index contributed by atoms with van der Waals surface area (Å²) in [6.07, 6.45) is 4.58. The highest BCUT2D eigenvalue weighted by atomic mass is 16.7. The van der Waals surface area contributed by atoms with Crippen LogP contribution in [0.25, 0.3) is 6.08 Å². The van der Waals surface area contributed by atoms with E-state index in [0.29, 0.717) is 6.61 Å². The zero-order valence-electron chi connectivity index (χ0n) is 17.4. The Morgan fingerprint density at radius 3 is 2.26 bits per heavy atom. The molecule has 0 radical (unpaired) electrons. The number of carbonyl (C=O) groups excluding carboxylic acids is 2. The van der Waals surface area contributed by atoms with E-state index in [1.165, 1.54) is 0 Å². The predicted molar refractivity (Wildman–Crippen MR) is 116 cm³/mol. The molecule has 0 bridgehead atoms. The van der Waals surface area contributed by atoms with E-state index in [-0.39, 0.29) is 41.6 Å². The second-order valence-electron chi connectivity index (χ2n) is 8.73. The topological polar surface area (TPSA) is 61.8 Å². The summed E-state index contributed by atoms with van der Waals surface area (Å²) < 4.78 is 18.1. The first-order chi connectivity index (χ1) is 15.1. The Kier molecular flexibility index (Phi) is 5.16. The summed E-state index contributed by atoms with van der Waals surface area (Å²) in [7, 11) is 0. The largest absolute Gasteiger partial charge is 0.608 e. The normalized spacial score (nSPS) is 32.3. The highest BCUT2D eigenvalue weighted by Crippen LogP contribution is 2.45. The molecule has 0 N–H and O–H groups in total. The molecule has 1 aliphatic carbocycles. The Balaban J connectivity index is 1.45. The molecule has 2 aliphatic heterocycles. The number of nitrogens with zero attached hydrogens (tertiary/aromatic N) is 1. The fourth-order valence-corrected chi connectivity index (χ4v) is 5.49. The Labute approximate surface area is 182 Å². The lowest BCUT2D eigenvalue weighted by molar-refractivity contribution is -0.844. The number of quaternary nitrogens is 1. The van der Waals surface area contributed by atoms with Crippen molar-refractivity contribution < 1.29 is 28.0 Å². The molecule has 0 amide bonds. The molecule has 160 valence electrons. The fourth-order valence-electron chi connectivity index (χ4n) is 5.49. The van der Waals surface area contributed by atoms with Crippen molar-refractivity contribution in [1.29, 1.82) is 0 Å². The standard InChI is InChI=1S/C24H26BNO5/c27-23-16-26(21-12-7-13-22(21)29-18-20-10-5-2-6-11-20)17-24(28)31-25(26,30-23)15-14-19-8-3-1-4-9-19/h1-6,8-11,14-15,21-22H,7,12-13,16-18H2/b15-14+/t21?,22-,25?,26?/m0/s1. The number of fused-ring (bicyclic) bond motifs is 1. The summed E-state index contributed by atoms with van der Waals surface area (Å²) in [5.74, 6) is 1.16. The van der Waals surface area contributed by atoms with E-state index >= 15 is 0 Å². The Hall–Kier alpha value is -2.90. The zero-order valence-corrected chi connectivity index (χ0v) is 17.4. The van der Waals surface area contributed by atoms with Crippen LogP contribution in [0.3, 0.4) is 0 Å². The maximum absolute atomic E-state index is 12.5. The molecule has 7 heteroatoms. The molecule has 3 fully saturated rings. The van der Waals surface area contributed by atoms with Gasteiger partial charge in [-0.05, 0) is 30.4 Å². The van der Waals surface area contributed by atoms with Gasteiger partial charge in [-0.25, -0.2) is 0 Å². The van der Waals surface area contributed by atoms with Gasteiger partial charge >= 0.3 is 18.6 Å². The van der Waals surface area contributed by atoms with Gasteiger partial charge < -0.3 is 18.4 Å². The number of benzene rings is 2. The third-order valence-electron chi connectivity index (χ3n) is 6.88. The first kappa shape index (κ1) is 20.0. The number of rotatable bonds is 6. The molecular weight excluding hydrogens is 393 g/mol. The highest BCUT2D eigenvalue weighted by Gasteiger charge is 2.69. The highest BCUT2D eigenvalue weighted by molar-refractivity contribution is 6.71. The summed E-state index contributed by atoms with van der Waals surface area (Å²) in [5.41, 5.74) is 2.07. The number of hydrogen-bond acceptors (Lipinski definition) is 5. The van der Waals surface area contributed by atoms with Gasteiger partial charge in [-0.2, -0.15) is 0 Å². The minimum atomic E-state index is -2.27. The molecule has 5 rings (SSSR count). The minimum Gasteiger partial charge on any atom is -0.596 e. The Bertz CT molecular complexity index is 974. The van der Waals surface area contributed by atoms with E-state index in [1.807, 2.05) is 66.7 Å². The van der Waals surface area contributed by atoms with Crippen LogP contribution in [-0.4, -0.2) is 48.3 Å². The van der Waals surface area contributed by atoms with E-state index in [2.05, 4.69) is 0 Å². The molecule has 2 aromatic rings. The first-order valence-corrected chi connectivity index (χ1v) is 10.9. The number of hydrogen-bond donors (Lipinski definition) is 0. The monoisotopic (exact) mass is 419 g/mol. The van der Waals surface area contributed by atoms with Crippen LogP contribution in [0.15, 0.2) is 66.6 Å². The molecule has 2 aromatic carbocycles. The maximum atomic E-state index is 12.5. The van der Waals surface area contributed by atoms with Gasteiger partial charge in [0.2, 0.25) is 0 Å². The lowest BCUT2D eigenvalue weighted by Gasteiger charge is -2.48. The Morgan fingerprint density at radius 1 is 0.935 bits per heavy atom. The van der Waals surface area contributed by atoms with Crippen molar-refractivity contribution in [3.05, 3.63) is 77.8 Å². The van der Waals surface area contributed by atoms with Gasteiger partial charge in [0.25, 0.3) is 0 Å². The molecule has 0 aromatic heterocycles. The van der Waals surface area contributed by atoms with Gasteiger partial charge in [0.15, 0.2) is 0 Å². The third-order valence-corrected chi connectivity index (χ3v) is 6.88. The molecule has 0 spiro atoms. The second kappa shape index (κ2) is 7.98. The minimum absolute atomic E-state index is 0.0259. The summed E-state index contributed by atoms with van der Waals surface area (Å²) in [4.78, 5) is 25.1. The average Bonchev–Trinajstić information content (AvgIpc) is 3.42. The van der Waals surface area contributed by atoms with Gasteiger partial charge in [0, 0.05) is 0 Å². The van der Waals surface area contributed by atoms with Crippen molar-refractivity contribution in [2.75, 3.05) is 13.1 Å². The van der Waals surface area contributed by atoms with E-state index in [4.69, 9.17) is 14.0 Å². The summed E-state index contributed by atoms with van der Waals surface area (Å²) in [6, 6.07) is 19.8. The van der Waals surface area contributed by atoms with Crippen LogP contribution in [-0.2, 0) is 30.2 Å². The molecule has 2 atom stereocenters. The molecule has 2 heterocycles. The van der Waals surface area contributed by atoms with Crippen molar-refractivity contribution in [2.45, 2.75) is 38.0 Å². The smallest absolute Gasteiger partial charge is 0.596 e. The third kappa shape index (κ3) is 3.58. The quantitative estimate of drug-likeness (QED) is 0.673. The van der Waals surface area contributed by atoms with Crippen LogP contribution < -0.4 is 0 Å². The number of carbonyl (C=O) groups is 2. The number of ether oxygens (including phenoxy) is 1. The van der Waals surface area contributed by atoms with Gasteiger partial charge in [0.1, 0.15) is 19.2 Å². The SMILES string of the molecule is O=C1C[N+]2(C3CCC[C@@H]3OCc3ccccc3)CC(=O)O[B-]2(/C=C/c2ccccc2)O1. The van der Waals surface area contributed by atoms with E-state index in [1.54, 1.807) is 5.98 Å². The summed E-state index contributed by atoms with van der Waals surface area (Å²) >= 11 is 0. The van der Waals surface area contributed by atoms with Crippen molar-refractivity contribution in [3.63, 3.8) is 0 Å². The van der Waals surface area contributed by atoms with Crippen molar-refractivity contribution in [1.82, 2.24) is 0 Å². The van der Waals surface area contributed by atoms with Gasteiger partial charge in [-0.3, -0.25) is 9.59 Å². The molecule has 31 heavy (non-hydrogen) atoms. The van der Waals surface area contributed by atoms with Crippen LogP contribution in [0.5, 0.6) is 0 Å². The summed E-state index contributed by atoms with van der Waals surface area (Å²) in [6.45, 7) is -1.48. The van der Waals surface area contributed by atoms with Crippen molar-refractivity contribution in [2.24, 2.45) is 0 Å². The van der Waals surface area contributed by atoms with Crippen LogP contribution in [0.1, 0.15) is 30.4 Å². The van der Waals surface area contributed by atoms with E-state index < -0.39 is 6.69 Å². The summed E-state index contributed by atoms with van der Waals surface area (Å²) in [5, 5.41) is 0. The zero-order chi connectivity index (χ0) is 21.3. The van der Waals surface area contributed by atoms with Crippen molar-refractivity contribution in [3.8, 4) is 0 Å². The van der Waals surface area contributed by atoms with Crippen LogP contribution in [0.2, 0.25) is 0 Å². The fraction of sp³-hybridized carbons (Fsp3) is 0.333. The molecule has 3 aliphatic rings. The second-order valence-corrected chi connectivity index (χ2v) is 8.73. The van der Waals surface area contributed by atoms with Crippen LogP contribution in [0.4, 0.5) is 0 Å². The van der Waals surface area contributed by atoms with E-state index in [0.717, 1.165) is 30.4 Å². The lowest BCUT2D eigenvalue weighted by Crippen LogP contribution is -2.68. The maximum Gasteiger partial charge on any atom is 0.608 e. The lowest BCUT2D eigenvalue weighted by atomic mass is 9.65. The van der Waals surface area contributed by atoms with Crippen LogP contribution >= 0.6 is 0 Å². The molecule has 6 nitrogen and oxygen atoms in total. The molecular formula is C24H26BNO5. The van der Waals surface area contributed by atoms with Gasteiger partial charge in [0.05, 0.1) is 12.6 Å².